The zero-order valence-electron chi connectivity index (χ0n) is 15.3. The molecule has 2 heterocycles. The third-order valence-corrected chi connectivity index (χ3v) is 4.77. The maximum atomic E-state index is 12.5. The molecule has 0 saturated heterocycles. The van der Waals surface area contributed by atoms with Gasteiger partial charge < -0.3 is 19.4 Å². The van der Waals surface area contributed by atoms with E-state index in [1.54, 1.807) is 19.2 Å². The van der Waals surface area contributed by atoms with Crippen LogP contribution >= 0.6 is 11.3 Å². The van der Waals surface area contributed by atoms with Crippen molar-refractivity contribution in [1.82, 2.24) is 15.1 Å². The predicted octanol–water partition coefficient (Wildman–Crippen LogP) is 2.92. The van der Waals surface area contributed by atoms with Crippen LogP contribution in [0.25, 0.3) is 10.6 Å². The molecule has 0 bridgehead atoms. The summed E-state index contributed by atoms with van der Waals surface area (Å²) in [5.74, 6) is -0.296. The summed E-state index contributed by atoms with van der Waals surface area (Å²) >= 11 is 1.30. The highest BCUT2D eigenvalue weighted by atomic mass is 32.1. The van der Waals surface area contributed by atoms with Gasteiger partial charge in [0.15, 0.2) is 5.76 Å². The second kappa shape index (κ2) is 9.77. The second-order valence-electron chi connectivity index (χ2n) is 5.84. The van der Waals surface area contributed by atoms with Crippen molar-refractivity contribution in [2.75, 3.05) is 32.1 Å². The Balaban J connectivity index is 1.56. The van der Waals surface area contributed by atoms with Gasteiger partial charge >= 0.3 is 0 Å². The Morgan fingerprint density at radius 1 is 1.14 bits per heavy atom. The molecule has 0 saturated carbocycles. The van der Waals surface area contributed by atoms with Gasteiger partial charge in [0.2, 0.25) is 11.0 Å². The molecule has 2 amide bonds. The minimum absolute atomic E-state index is 0.121. The zero-order valence-corrected chi connectivity index (χ0v) is 16.1. The number of rotatable bonds is 9. The summed E-state index contributed by atoms with van der Waals surface area (Å²) in [5.41, 5.74) is 0.940. The van der Waals surface area contributed by atoms with Crippen molar-refractivity contribution in [3.8, 4) is 10.6 Å². The Labute approximate surface area is 166 Å². The fourth-order valence-corrected chi connectivity index (χ4v) is 3.23. The smallest absolute Gasteiger partial charge is 0.289 e. The molecule has 3 rings (SSSR count). The summed E-state index contributed by atoms with van der Waals surface area (Å²) < 4.78 is 10.2. The summed E-state index contributed by atoms with van der Waals surface area (Å²) in [7, 11) is 1.56. The Morgan fingerprint density at radius 2 is 1.96 bits per heavy atom. The second-order valence-corrected chi connectivity index (χ2v) is 6.82. The first-order valence-electron chi connectivity index (χ1n) is 8.68. The van der Waals surface area contributed by atoms with Crippen LogP contribution in [-0.4, -0.2) is 53.7 Å². The maximum absolute atomic E-state index is 12.5. The Hall–Kier alpha value is -3.04. The summed E-state index contributed by atoms with van der Waals surface area (Å²) in [6.45, 7) is 0.963. The van der Waals surface area contributed by atoms with E-state index in [9.17, 15) is 9.59 Å². The van der Waals surface area contributed by atoms with Crippen LogP contribution in [0, 0.1) is 0 Å². The summed E-state index contributed by atoms with van der Waals surface area (Å²) in [5, 5.41) is 12.0. The number of nitrogens with zero attached hydrogens (tertiary/aromatic N) is 3. The number of ether oxygens (including phenoxy) is 1. The van der Waals surface area contributed by atoms with Crippen LogP contribution in [-0.2, 0) is 9.53 Å². The Kier molecular flexibility index (Phi) is 6.88. The van der Waals surface area contributed by atoms with E-state index in [0.717, 1.165) is 10.6 Å². The molecule has 0 unspecified atom stereocenters. The van der Waals surface area contributed by atoms with E-state index in [-0.39, 0.29) is 30.5 Å². The van der Waals surface area contributed by atoms with Crippen molar-refractivity contribution in [2.45, 2.75) is 6.42 Å². The summed E-state index contributed by atoms with van der Waals surface area (Å²) in [4.78, 5) is 26.3. The van der Waals surface area contributed by atoms with E-state index in [2.05, 4.69) is 15.5 Å². The molecule has 0 aliphatic rings. The number of carbonyl (C=O) groups is 2. The zero-order chi connectivity index (χ0) is 19.8. The molecule has 0 spiro atoms. The molecule has 9 heteroatoms. The minimum Gasteiger partial charge on any atom is -0.459 e. The normalized spacial score (nSPS) is 10.6. The van der Waals surface area contributed by atoms with E-state index < -0.39 is 0 Å². The first-order valence-corrected chi connectivity index (χ1v) is 9.49. The van der Waals surface area contributed by atoms with Gasteiger partial charge in [-0.05, 0) is 12.1 Å². The van der Waals surface area contributed by atoms with Gasteiger partial charge in [-0.2, -0.15) is 0 Å². The van der Waals surface area contributed by atoms with Crippen molar-refractivity contribution in [3.63, 3.8) is 0 Å². The van der Waals surface area contributed by atoms with Gasteiger partial charge in [0.1, 0.15) is 5.01 Å². The largest absolute Gasteiger partial charge is 0.459 e. The van der Waals surface area contributed by atoms with E-state index in [1.165, 1.54) is 22.5 Å². The average Bonchev–Trinajstić information content (AvgIpc) is 3.40. The lowest BCUT2D eigenvalue weighted by molar-refractivity contribution is -0.116. The lowest BCUT2D eigenvalue weighted by atomic mass is 10.2. The number of hydrogen-bond donors (Lipinski definition) is 1. The fraction of sp³-hybridized carbons (Fsp3) is 0.263. The van der Waals surface area contributed by atoms with E-state index >= 15 is 0 Å². The van der Waals surface area contributed by atoms with Crippen LogP contribution in [0.5, 0.6) is 0 Å². The van der Waals surface area contributed by atoms with Gasteiger partial charge in [0.05, 0.1) is 12.9 Å². The molecule has 28 heavy (non-hydrogen) atoms. The van der Waals surface area contributed by atoms with Crippen molar-refractivity contribution < 1.29 is 18.7 Å². The van der Waals surface area contributed by atoms with Gasteiger partial charge in [-0.3, -0.25) is 9.59 Å². The van der Waals surface area contributed by atoms with E-state index in [4.69, 9.17) is 9.15 Å². The van der Waals surface area contributed by atoms with E-state index in [0.29, 0.717) is 18.3 Å². The minimum atomic E-state index is -0.280. The molecule has 1 aromatic carbocycles. The molecular formula is C19H20N4O4S. The van der Waals surface area contributed by atoms with Crippen LogP contribution in [0.15, 0.2) is 53.1 Å². The number of furan rings is 1. The molecule has 8 nitrogen and oxygen atoms in total. The monoisotopic (exact) mass is 400 g/mol. The molecular weight excluding hydrogens is 380 g/mol. The molecule has 3 aromatic rings. The Morgan fingerprint density at radius 3 is 2.68 bits per heavy atom. The highest BCUT2D eigenvalue weighted by molar-refractivity contribution is 7.18. The number of nitrogens with one attached hydrogen (secondary N) is 1. The lowest BCUT2D eigenvalue weighted by Crippen LogP contribution is -2.36. The van der Waals surface area contributed by atoms with Gasteiger partial charge in [-0.15, -0.1) is 10.2 Å². The topological polar surface area (TPSA) is 97.6 Å². The number of amides is 2. The highest BCUT2D eigenvalue weighted by Gasteiger charge is 2.19. The van der Waals surface area contributed by atoms with Gasteiger partial charge in [-0.25, -0.2) is 0 Å². The first-order chi connectivity index (χ1) is 13.7. The van der Waals surface area contributed by atoms with Crippen molar-refractivity contribution in [2.24, 2.45) is 0 Å². The van der Waals surface area contributed by atoms with Gasteiger partial charge in [0.25, 0.3) is 5.91 Å². The summed E-state index contributed by atoms with van der Waals surface area (Å²) in [6.07, 6.45) is 1.56. The number of anilines is 1. The molecule has 2 aromatic heterocycles. The fourth-order valence-electron chi connectivity index (χ4n) is 2.46. The molecule has 1 N–H and O–H groups in total. The van der Waals surface area contributed by atoms with Crippen LogP contribution in [0.4, 0.5) is 5.13 Å². The molecule has 0 fully saturated rings. The third kappa shape index (κ3) is 5.24. The highest BCUT2D eigenvalue weighted by Crippen LogP contribution is 2.25. The molecule has 146 valence electrons. The number of carbonyl (C=O) groups excluding carboxylic acids is 2. The summed E-state index contributed by atoms with van der Waals surface area (Å²) in [6, 6.07) is 12.9. The van der Waals surface area contributed by atoms with Crippen molar-refractivity contribution in [3.05, 3.63) is 54.5 Å². The van der Waals surface area contributed by atoms with Gasteiger partial charge in [0, 0.05) is 32.2 Å². The van der Waals surface area contributed by atoms with Crippen molar-refractivity contribution in [1.29, 1.82) is 0 Å². The van der Waals surface area contributed by atoms with Gasteiger partial charge in [-0.1, -0.05) is 41.7 Å². The lowest BCUT2D eigenvalue weighted by Gasteiger charge is -2.20. The number of methoxy groups -OCH3 is 1. The average molecular weight is 400 g/mol. The standard InChI is InChI=1S/C19H20N4O4S/c1-26-13-11-23(18(25)15-8-5-12-27-15)10-9-16(24)20-19-22-21-17(28-19)14-6-3-2-4-7-14/h2-8,12H,9-11,13H2,1H3,(H,20,22,24). The quantitative estimate of drug-likeness (QED) is 0.593. The molecule has 0 aliphatic heterocycles. The number of aromatic nitrogens is 2. The van der Waals surface area contributed by atoms with Crippen LogP contribution < -0.4 is 5.32 Å². The van der Waals surface area contributed by atoms with E-state index in [1.807, 2.05) is 30.3 Å². The third-order valence-electron chi connectivity index (χ3n) is 3.89. The molecule has 0 atom stereocenters. The molecule has 0 aliphatic carbocycles. The van der Waals surface area contributed by atoms with Crippen LogP contribution in [0.1, 0.15) is 17.0 Å². The number of benzene rings is 1. The Bertz CT molecular complexity index is 896. The number of hydrogen-bond acceptors (Lipinski definition) is 7. The van der Waals surface area contributed by atoms with Crippen LogP contribution in [0.3, 0.4) is 0 Å². The molecule has 0 radical (unpaired) electrons. The predicted molar refractivity (Wildman–Crippen MR) is 105 cm³/mol. The maximum Gasteiger partial charge on any atom is 0.289 e. The van der Waals surface area contributed by atoms with Crippen molar-refractivity contribution >= 4 is 28.3 Å². The SMILES string of the molecule is COCCN(CCC(=O)Nc1nnc(-c2ccccc2)s1)C(=O)c1ccco1. The first kappa shape index (κ1) is 19.7. The van der Waals surface area contributed by atoms with Crippen LogP contribution in [0.2, 0.25) is 0 Å².